The second-order valence-electron chi connectivity index (χ2n) is 4.35. The minimum absolute atomic E-state index is 0.0503. The third-order valence-electron chi connectivity index (χ3n) is 2.67. The molecule has 0 aliphatic rings. The van der Waals surface area contributed by atoms with Crippen LogP contribution in [0.3, 0.4) is 0 Å². The molecule has 0 saturated heterocycles. The molecule has 1 amide bonds. The topological polar surface area (TPSA) is 72.0 Å². The van der Waals surface area contributed by atoms with E-state index in [1.807, 2.05) is 31.2 Å². The smallest absolute Gasteiger partial charge is 0.225 e. The molecule has 0 aliphatic heterocycles. The zero-order valence-corrected chi connectivity index (χ0v) is 13.4. The number of amides is 1. The maximum atomic E-state index is 12.0. The predicted molar refractivity (Wildman–Crippen MR) is 85.1 cm³/mol. The van der Waals surface area contributed by atoms with Gasteiger partial charge in [0, 0.05) is 12.0 Å². The quantitative estimate of drug-likeness (QED) is 0.502. The highest BCUT2D eigenvalue weighted by atomic mass is 32.2. The van der Waals surface area contributed by atoms with Crippen molar-refractivity contribution in [3.63, 3.8) is 0 Å². The van der Waals surface area contributed by atoms with Crippen molar-refractivity contribution < 1.29 is 9.59 Å². The standard InChI is InChI=1S/C14H15N3O2S2/c1-3-12(19)15-13-16-17-14(21-13)20-8-11(18)10-6-4-9(2)5-7-10/h4-7H,3,8H2,1-2H3,(H,15,16,19). The number of aryl methyl sites for hydroxylation is 1. The van der Waals surface area contributed by atoms with Gasteiger partial charge in [-0.2, -0.15) is 0 Å². The Kier molecular flexibility index (Phi) is 5.46. The van der Waals surface area contributed by atoms with E-state index in [1.54, 1.807) is 6.92 Å². The molecule has 0 fully saturated rings. The van der Waals surface area contributed by atoms with Crippen LogP contribution in [0.5, 0.6) is 0 Å². The highest BCUT2D eigenvalue weighted by Crippen LogP contribution is 2.26. The van der Waals surface area contributed by atoms with Gasteiger partial charge in [0.15, 0.2) is 10.1 Å². The van der Waals surface area contributed by atoms with Crippen LogP contribution in [0.15, 0.2) is 28.6 Å². The summed E-state index contributed by atoms with van der Waals surface area (Å²) in [4.78, 5) is 23.3. The summed E-state index contributed by atoms with van der Waals surface area (Å²) in [5, 5.41) is 10.9. The van der Waals surface area contributed by atoms with Crippen LogP contribution in [-0.4, -0.2) is 27.6 Å². The number of anilines is 1. The molecule has 1 heterocycles. The van der Waals surface area contributed by atoms with Crippen LogP contribution in [0.2, 0.25) is 0 Å². The lowest BCUT2D eigenvalue weighted by atomic mass is 10.1. The summed E-state index contributed by atoms with van der Waals surface area (Å²) in [6.45, 7) is 3.75. The van der Waals surface area contributed by atoms with Gasteiger partial charge in [-0.15, -0.1) is 10.2 Å². The fraction of sp³-hybridized carbons (Fsp3) is 0.286. The Labute approximate surface area is 131 Å². The van der Waals surface area contributed by atoms with E-state index < -0.39 is 0 Å². The van der Waals surface area contributed by atoms with E-state index in [9.17, 15) is 9.59 Å². The number of carbonyl (C=O) groups is 2. The van der Waals surface area contributed by atoms with E-state index in [0.717, 1.165) is 5.56 Å². The van der Waals surface area contributed by atoms with E-state index in [-0.39, 0.29) is 11.7 Å². The average Bonchev–Trinajstić information content (AvgIpc) is 2.93. The molecule has 0 radical (unpaired) electrons. The third-order valence-corrected chi connectivity index (χ3v) is 4.65. The molecule has 5 nitrogen and oxygen atoms in total. The lowest BCUT2D eigenvalue weighted by Crippen LogP contribution is -2.08. The van der Waals surface area contributed by atoms with Crippen molar-refractivity contribution in [1.82, 2.24) is 10.2 Å². The minimum Gasteiger partial charge on any atom is -0.301 e. The number of aromatic nitrogens is 2. The lowest BCUT2D eigenvalue weighted by molar-refractivity contribution is -0.115. The summed E-state index contributed by atoms with van der Waals surface area (Å²) in [5.41, 5.74) is 1.82. The maximum Gasteiger partial charge on any atom is 0.225 e. The fourth-order valence-corrected chi connectivity index (χ4v) is 3.14. The van der Waals surface area contributed by atoms with Crippen LogP contribution in [0.1, 0.15) is 29.3 Å². The Morgan fingerprint density at radius 3 is 2.62 bits per heavy atom. The van der Waals surface area contributed by atoms with Gasteiger partial charge in [-0.25, -0.2) is 0 Å². The van der Waals surface area contributed by atoms with Gasteiger partial charge in [0.25, 0.3) is 0 Å². The van der Waals surface area contributed by atoms with Gasteiger partial charge < -0.3 is 5.32 Å². The Hall–Kier alpha value is -1.73. The summed E-state index contributed by atoms with van der Waals surface area (Å²) in [5.74, 6) is 0.257. The summed E-state index contributed by atoms with van der Waals surface area (Å²) in [6, 6.07) is 7.49. The SMILES string of the molecule is CCC(=O)Nc1nnc(SCC(=O)c2ccc(C)cc2)s1. The van der Waals surface area contributed by atoms with Crippen LogP contribution < -0.4 is 5.32 Å². The number of carbonyl (C=O) groups excluding carboxylic acids is 2. The highest BCUT2D eigenvalue weighted by Gasteiger charge is 2.11. The van der Waals surface area contributed by atoms with Crippen molar-refractivity contribution in [2.45, 2.75) is 24.6 Å². The molecule has 0 atom stereocenters. The van der Waals surface area contributed by atoms with Crippen molar-refractivity contribution in [3.05, 3.63) is 35.4 Å². The Morgan fingerprint density at radius 1 is 1.24 bits per heavy atom. The molecule has 7 heteroatoms. The van der Waals surface area contributed by atoms with Crippen molar-refractivity contribution in [2.24, 2.45) is 0 Å². The normalized spacial score (nSPS) is 10.4. The van der Waals surface area contributed by atoms with Crippen LogP contribution in [-0.2, 0) is 4.79 Å². The van der Waals surface area contributed by atoms with Gasteiger partial charge in [0.1, 0.15) is 0 Å². The molecule has 21 heavy (non-hydrogen) atoms. The van der Waals surface area contributed by atoms with Crippen LogP contribution >= 0.6 is 23.1 Å². The van der Waals surface area contributed by atoms with E-state index in [2.05, 4.69) is 15.5 Å². The van der Waals surface area contributed by atoms with E-state index in [1.165, 1.54) is 23.1 Å². The Balaban J connectivity index is 1.89. The van der Waals surface area contributed by atoms with Gasteiger partial charge in [0.2, 0.25) is 11.0 Å². The monoisotopic (exact) mass is 321 g/mol. The minimum atomic E-state index is -0.0987. The highest BCUT2D eigenvalue weighted by molar-refractivity contribution is 8.01. The molecule has 0 unspecified atom stereocenters. The molecule has 2 rings (SSSR count). The number of hydrogen-bond donors (Lipinski definition) is 1. The van der Waals surface area contributed by atoms with Gasteiger partial charge in [0.05, 0.1) is 5.75 Å². The van der Waals surface area contributed by atoms with Gasteiger partial charge in [-0.05, 0) is 6.92 Å². The first kappa shape index (κ1) is 15.7. The summed E-state index contributed by atoms with van der Waals surface area (Å²) in [6.07, 6.45) is 0.397. The number of benzene rings is 1. The van der Waals surface area contributed by atoms with Gasteiger partial charge in [-0.1, -0.05) is 59.9 Å². The van der Waals surface area contributed by atoms with Crippen molar-refractivity contribution >= 4 is 39.9 Å². The van der Waals surface area contributed by atoms with Crippen molar-refractivity contribution in [1.29, 1.82) is 0 Å². The molecule has 2 aromatic rings. The number of ketones is 1. The van der Waals surface area contributed by atoms with Crippen LogP contribution in [0.4, 0.5) is 5.13 Å². The average molecular weight is 321 g/mol. The number of nitrogens with zero attached hydrogens (tertiary/aromatic N) is 2. The maximum absolute atomic E-state index is 12.0. The van der Waals surface area contributed by atoms with E-state index in [0.29, 0.717) is 27.2 Å². The summed E-state index contributed by atoms with van der Waals surface area (Å²) >= 11 is 2.60. The molecule has 0 bridgehead atoms. The second kappa shape index (κ2) is 7.33. The largest absolute Gasteiger partial charge is 0.301 e. The molecule has 110 valence electrons. The first-order valence-electron chi connectivity index (χ1n) is 6.44. The molecule has 0 saturated carbocycles. The molecule has 0 aliphatic carbocycles. The van der Waals surface area contributed by atoms with Crippen molar-refractivity contribution in [3.8, 4) is 0 Å². The number of Topliss-reactive ketones (excluding diaryl/α,β-unsaturated/α-hetero) is 1. The first-order chi connectivity index (χ1) is 10.1. The predicted octanol–water partition coefficient (Wildman–Crippen LogP) is 3.17. The van der Waals surface area contributed by atoms with Crippen molar-refractivity contribution in [2.75, 3.05) is 11.1 Å². The van der Waals surface area contributed by atoms with Gasteiger partial charge in [-0.3, -0.25) is 9.59 Å². The molecule has 1 aromatic heterocycles. The molecular formula is C14H15N3O2S2. The number of hydrogen-bond acceptors (Lipinski definition) is 6. The molecular weight excluding hydrogens is 306 g/mol. The molecule has 0 spiro atoms. The van der Waals surface area contributed by atoms with Gasteiger partial charge >= 0.3 is 0 Å². The number of rotatable bonds is 6. The third kappa shape index (κ3) is 4.64. The summed E-state index contributed by atoms with van der Waals surface area (Å²) < 4.78 is 0.668. The fourth-order valence-electron chi connectivity index (χ4n) is 1.48. The van der Waals surface area contributed by atoms with Crippen LogP contribution in [0, 0.1) is 6.92 Å². The zero-order valence-electron chi connectivity index (χ0n) is 11.8. The van der Waals surface area contributed by atoms with E-state index >= 15 is 0 Å². The number of thioether (sulfide) groups is 1. The molecule has 1 aromatic carbocycles. The first-order valence-corrected chi connectivity index (χ1v) is 8.24. The lowest BCUT2D eigenvalue weighted by Gasteiger charge is -1.99. The number of nitrogens with one attached hydrogen (secondary N) is 1. The zero-order chi connectivity index (χ0) is 15.2. The summed E-state index contributed by atoms with van der Waals surface area (Å²) in [7, 11) is 0. The van der Waals surface area contributed by atoms with E-state index in [4.69, 9.17) is 0 Å². The van der Waals surface area contributed by atoms with Crippen LogP contribution in [0.25, 0.3) is 0 Å². The molecule has 1 N–H and O–H groups in total. The Morgan fingerprint density at radius 2 is 1.95 bits per heavy atom. The Bertz CT molecular complexity index is 638. The second-order valence-corrected chi connectivity index (χ2v) is 6.55.